The van der Waals surface area contributed by atoms with Crippen LogP contribution < -0.4 is 18.9 Å². The fourth-order valence-electron chi connectivity index (χ4n) is 3.99. The Balaban J connectivity index is 1.43. The van der Waals surface area contributed by atoms with Crippen molar-refractivity contribution in [2.24, 2.45) is 0 Å². The molecule has 7 heteroatoms. The predicted molar refractivity (Wildman–Crippen MR) is 103 cm³/mol. The third-order valence-corrected chi connectivity index (χ3v) is 5.36. The molecule has 0 amide bonds. The second kappa shape index (κ2) is 6.25. The number of ether oxygens (including phenoxy) is 4. The zero-order valence-corrected chi connectivity index (χ0v) is 15.5. The fraction of sp³-hybridized carbons (Fsp3) is 0.130. The molecule has 2 aromatic carbocycles. The number of carbonyl (C=O) groups excluding carboxylic acids is 2. The van der Waals surface area contributed by atoms with Crippen molar-refractivity contribution in [1.82, 2.24) is 0 Å². The van der Waals surface area contributed by atoms with Crippen molar-refractivity contribution in [3.63, 3.8) is 0 Å². The van der Waals surface area contributed by atoms with Gasteiger partial charge in [0.25, 0.3) is 0 Å². The van der Waals surface area contributed by atoms with Crippen LogP contribution in [0.25, 0.3) is 6.08 Å². The molecule has 0 spiro atoms. The summed E-state index contributed by atoms with van der Waals surface area (Å²) in [6.45, 7) is 0.176. The molecular formula is C23H14O7. The molecule has 4 heterocycles. The molecule has 0 radical (unpaired) electrons. The number of ketones is 1. The van der Waals surface area contributed by atoms with Gasteiger partial charge in [-0.15, -0.1) is 0 Å². The standard InChI is InChI=1S/C23H14O7/c24-20-10-14(15-2-1-7-26-15)21-17(29-20)6-4-13-22(25)19(30-23(13)21)9-12-3-5-16-18(8-12)28-11-27-16/h1-9,14H,10-11H2/b19-9-/t14-/m0/s1. The van der Waals surface area contributed by atoms with Crippen molar-refractivity contribution < 1.29 is 33.0 Å². The second-order valence-corrected chi connectivity index (χ2v) is 7.15. The van der Waals surface area contributed by atoms with E-state index in [2.05, 4.69) is 0 Å². The van der Waals surface area contributed by atoms with E-state index < -0.39 is 0 Å². The van der Waals surface area contributed by atoms with Gasteiger partial charge < -0.3 is 23.4 Å². The number of carbonyl (C=O) groups is 2. The van der Waals surface area contributed by atoms with Gasteiger partial charge in [-0.25, -0.2) is 0 Å². The van der Waals surface area contributed by atoms with Crippen molar-refractivity contribution in [3.8, 4) is 23.0 Å². The van der Waals surface area contributed by atoms with Crippen molar-refractivity contribution in [2.75, 3.05) is 6.79 Å². The quantitative estimate of drug-likeness (QED) is 0.363. The Morgan fingerprint density at radius 3 is 2.67 bits per heavy atom. The molecule has 1 atom stereocenters. The van der Waals surface area contributed by atoms with Gasteiger partial charge in [0, 0.05) is 5.56 Å². The Morgan fingerprint density at radius 2 is 1.80 bits per heavy atom. The lowest BCUT2D eigenvalue weighted by Crippen LogP contribution is -2.21. The Kier molecular flexibility index (Phi) is 3.52. The summed E-state index contributed by atoms with van der Waals surface area (Å²) in [6.07, 6.45) is 3.32. The van der Waals surface area contributed by atoms with Gasteiger partial charge in [-0.05, 0) is 48.0 Å². The van der Waals surface area contributed by atoms with Gasteiger partial charge in [0.2, 0.25) is 12.6 Å². The van der Waals surface area contributed by atoms with Gasteiger partial charge in [-0.3, -0.25) is 9.59 Å². The summed E-state index contributed by atoms with van der Waals surface area (Å²) >= 11 is 0. The average Bonchev–Trinajstić information content (AvgIpc) is 3.48. The summed E-state index contributed by atoms with van der Waals surface area (Å²) in [4.78, 5) is 25.1. The molecule has 0 fully saturated rings. The van der Waals surface area contributed by atoms with Gasteiger partial charge in [0.15, 0.2) is 17.3 Å². The number of hydrogen-bond donors (Lipinski definition) is 0. The van der Waals surface area contributed by atoms with Crippen LogP contribution in [0.5, 0.6) is 23.0 Å². The van der Waals surface area contributed by atoms with Crippen LogP contribution in [-0.4, -0.2) is 18.5 Å². The maximum atomic E-state index is 13.0. The monoisotopic (exact) mass is 402 g/mol. The Bertz CT molecular complexity index is 1240. The van der Waals surface area contributed by atoms with Crippen LogP contribution in [0.15, 0.2) is 58.9 Å². The van der Waals surface area contributed by atoms with E-state index >= 15 is 0 Å². The van der Waals surface area contributed by atoms with Crippen LogP contribution >= 0.6 is 0 Å². The summed E-state index contributed by atoms with van der Waals surface area (Å²) in [5.41, 5.74) is 1.82. The van der Waals surface area contributed by atoms with Crippen molar-refractivity contribution >= 4 is 17.8 Å². The Labute approximate surface area is 170 Å². The number of hydrogen-bond acceptors (Lipinski definition) is 7. The minimum atomic E-state index is -0.385. The lowest BCUT2D eigenvalue weighted by molar-refractivity contribution is -0.135. The smallest absolute Gasteiger partial charge is 0.312 e. The molecule has 30 heavy (non-hydrogen) atoms. The van der Waals surface area contributed by atoms with Gasteiger partial charge in [0.05, 0.1) is 24.2 Å². The molecule has 0 N–H and O–H groups in total. The average molecular weight is 402 g/mol. The SMILES string of the molecule is O=C1C[C@@H](c2ccco2)c2c(ccc3c2O/C(=C\c2ccc4c(c2)OCO4)C3=O)O1. The van der Waals surface area contributed by atoms with Crippen molar-refractivity contribution in [1.29, 1.82) is 0 Å². The molecule has 0 bridgehead atoms. The summed E-state index contributed by atoms with van der Waals surface area (Å²) < 4.78 is 27.7. The largest absolute Gasteiger partial charge is 0.469 e. The highest BCUT2D eigenvalue weighted by Gasteiger charge is 2.39. The van der Waals surface area contributed by atoms with E-state index in [0.717, 1.165) is 5.56 Å². The molecule has 1 aromatic heterocycles. The second-order valence-electron chi connectivity index (χ2n) is 7.15. The van der Waals surface area contributed by atoms with E-state index in [0.29, 0.717) is 39.9 Å². The van der Waals surface area contributed by atoms with E-state index in [1.165, 1.54) is 0 Å². The highest BCUT2D eigenvalue weighted by Crippen LogP contribution is 2.49. The van der Waals surface area contributed by atoms with E-state index in [-0.39, 0.29) is 36.6 Å². The normalized spacial score (nSPS) is 20.0. The fourth-order valence-corrected chi connectivity index (χ4v) is 3.99. The molecule has 3 aliphatic rings. The van der Waals surface area contributed by atoms with Gasteiger partial charge >= 0.3 is 5.97 Å². The first-order valence-electron chi connectivity index (χ1n) is 9.42. The minimum absolute atomic E-state index is 0.107. The summed E-state index contributed by atoms with van der Waals surface area (Å²) in [6, 6.07) is 12.2. The van der Waals surface area contributed by atoms with Gasteiger partial charge in [-0.1, -0.05) is 6.07 Å². The molecule has 148 valence electrons. The maximum Gasteiger partial charge on any atom is 0.312 e. The first-order valence-corrected chi connectivity index (χ1v) is 9.42. The van der Waals surface area contributed by atoms with Crippen LogP contribution in [0.1, 0.15) is 39.6 Å². The number of Topliss-reactive ketones (excluding diaryl/α,β-unsaturated/α-hetero) is 1. The van der Waals surface area contributed by atoms with Crippen LogP contribution in [0.2, 0.25) is 0 Å². The molecule has 3 aliphatic heterocycles. The Hall–Kier alpha value is -4.00. The Morgan fingerprint density at radius 1 is 0.933 bits per heavy atom. The van der Waals surface area contributed by atoms with Crippen molar-refractivity contribution in [3.05, 3.63) is 76.9 Å². The number of allylic oxidation sites excluding steroid dienone is 1. The molecule has 7 nitrogen and oxygen atoms in total. The topological polar surface area (TPSA) is 84.2 Å². The van der Waals surface area contributed by atoms with Gasteiger partial charge in [-0.2, -0.15) is 0 Å². The van der Waals surface area contributed by atoms with E-state index in [1.54, 1.807) is 48.7 Å². The third-order valence-electron chi connectivity index (χ3n) is 5.36. The minimum Gasteiger partial charge on any atom is -0.469 e. The summed E-state index contributed by atoms with van der Waals surface area (Å²) in [5, 5.41) is 0. The number of benzene rings is 2. The number of esters is 1. The van der Waals surface area contributed by atoms with E-state index in [4.69, 9.17) is 23.4 Å². The van der Waals surface area contributed by atoms with Crippen LogP contribution in [0.4, 0.5) is 0 Å². The zero-order chi connectivity index (χ0) is 20.2. The summed E-state index contributed by atoms with van der Waals surface area (Å²) in [5.74, 6) is 1.89. The summed E-state index contributed by atoms with van der Waals surface area (Å²) in [7, 11) is 0. The maximum absolute atomic E-state index is 13.0. The molecular weight excluding hydrogens is 388 g/mol. The number of rotatable bonds is 2. The highest BCUT2D eigenvalue weighted by molar-refractivity contribution is 6.15. The van der Waals surface area contributed by atoms with Crippen LogP contribution in [0.3, 0.4) is 0 Å². The predicted octanol–water partition coefficient (Wildman–Crippen LogP) is 4.07. The number of fused-ring (bicyclic) bond motifs is 4. The molecule has 0 saturated carbocycles. The first-order chi connectivity index (χ1) is 14.7. The molecule has 0 unspecified atom stereocenters. The van der Waals surface area contributed by atoms with Gasteiger partial charge in [0.1, 0.15) is 17.3 Å². The molecule has 0 saturated heterocycles. The van der Waals surface area contributed by atoms with Crippen LogP contribution in [-0.2, 0) is 4.79 Å². The van der Waals surface area contributed by atoms with E-state index in [1.807, 2.05) is 6.07 Å². The lowest BCUT2D eigenvalue weighted by Gasteiger charge is -2.24. The highest BCUT2D eigenvalue weighted by atomic mass is 16.7. The van der Waals surface area contributed by atoms with Crippen molar-refractivity contribution in [2.45, 2.75) is 12.3 Å². The molecule has 6 rings (SSSR count). The van der Waals surface area contributed by atoms with Crippen LogP contribution in [0, 0.1) is 0 Å². The lowest BCUT2D eigenvalue weighted by atomic mass is 9.88. The first kappa shape index (κ1) is 16.9. The third kappa shape index (κ3) is 2.52. The zero-order valence-electron chi connectivity index (χ0n) is 15.5. The number of furan rings is 1. The van der Waals surface area contributed by atoms with E-state index in [9.17, 15) is 9.59 Å². The molecule has 3 aromatic rings. The molecule has 0 aliphatic carbocycles.